The zero-order valence-corrected chi connectivity index (χ0v) is 13.6. The average molecular weight is 319 g/mol. The number of ether oxygens (including phenoxy) is 1. The van der Waals surface area contributed by atoms with Crippen molar-refractivity contribution >= 4 is 30.1 Å². The highest BCUT2D eigenvalue weighted by atomic mass is 35.5. The van der Waals surface area contributed by atoms with Crippen molar-refractivity contribution in [1.29, 1.82) is 0 Å². The first-order valence-electron chi connectivity index (χ1n) is 6.33. The Kier molecular flexibility index (Phi) is 10.3. The largest absolute Gasteiger partial charge is 0.496 e. The molecule has 114 valence electrons. The number of rotatable bonds is 8. The van der Waals surface area contributed by atoms with Gasteiger partial charge in [0.1, 0.15) is 5.75 Å². The molecule has 0 aliphatic heterocycles. The Labute approximate surface area is 131 Å². The van der Waals surface area contributed by atoms with E-state index in [0.717, 1.165) is 23.5 Å². The standard InChI is InChI=1S/C14H22N2O2S.ClH/c1-18-13-6-4-3-5-11(13)7-9-16-14(17)12(15)8-10-19-2;/h3-6,12H,7-10,15H2,1-2H3,(H,16,17);1H. The van der Waals surface area contributed by atoms with Crippen molar-refractivity contribution in [3.63, 3.8) is 0 Å². The van der Waals surface area contributed by atoms with Crippen LogP contribution in [0.4, 0.5) is 0 Å². The molecule has 0 saturated carbocycles. The molecule has 0 heterocycles. The molecule has 0 fully saturated rings. The maximum atomic E-state index is 11.7. The van der Waals surface area contributed by atoms with E-state index in [1.807, 2.05) is 30.5 Å². The summed E-state index contributed by atoms with van der Waals surface area (Å²) >= 11 is 1.70. The van der Waals surface area contributed by atoms with Crippen LogP contribution in [0.1, 0.15) is 12.0 Å². The Morgan fingerprint density at radius 3 is 2.80 bits per heavy atom. The van der Waals surface area contributed by atoms with E-state index in [2.05, 4.69) is 5.32 Å². The molecule has 1 amide bonds. The SMILES string of the molecule is COc1ccccc1CCNC(=O)C(N)CCSC.Cl. The molecule has 0 aromatic heterocycles. The van der Waals surface area contributed by atoms with Crippen molar-refractivity contribution in [2.24, 2.45) is 5.73 Å². The minimum atomic E-state index is -0.412. The first-order chi connectivity index (χ1) is 9.19. The molecule has 4 nitrogen and oxygen atoms in total. The van der Waals surface area contributed by atoms with Gasteiger partial charge in [-0.2, -0.15) is 11.8 Å². The van der Waals surface area contributed by atoms with Crippen LogP contribution in [0.25, 0.3) is 0 Å². The maximum Gasteiger partial charge on any atom is 0.236 e. The molecule has 0 radical (unpaired) electrons. The maximum absolute atomic E-state index is 11.7. The smallest absolute Gasteiger partial charge is 0.236 e. The number of para-hydroxylation sites is 1. The van der Waals surface area contributed by atoms with E-state index in [-0.39, 0.29) is 18.3 Å². The van der Waals surface area contributed by atoms with Crippen LogP contribution in [0.3, 0.4) is 0 Å². The number of hydrogen-bond donors (Lipinski definition) is 2. The van der Waals surface area contributed by atoms with E-state index in [4.69, 9.17) is 10.5 Å². The van der Waals surface area contributed by atoms with Crippen LogP contribution in [0.5, 0.6) is 5.75 Å². The van der Waals surface area contributed by atoms with Gasteiger partial charge in [0.05, 0.1) is 13.2 Å². The molecule has 20 heavy (non-hydrogen) atoms. The summed E-state index contributed by atoms with van der Waals surface area (Å²) in [5, 5.41) is 2.86. The molecule has 0 aliphatic carbocycles. The van der Waals surface area contributed by atoms with Gasteiger partial charge in [0, 0.05) is 6.54 Å². The average Bonchev–Trinajstić information content (AvgIpc) is 2.45. The summed E-state index contributed by atoms with van der Waals surface area (Å²) in [5.74, 6) is 1.67. The Morgan fingerprint density at radius 2 is 2.15 bits per heavy atom. The van der Waals surface area contributed by atoms with Crippen LogP contribution >= 0.6 is 24.2 Å². The normalized spacial score (nSPS) is 11.3. The molecule has 1 aromatic rings. The molecule has 1 aromatic carbocycles. The Balaban J connectivity index is 0.00000361. The molecule has 0 bridgehead atoms. The molecule has 1 rings (SSSR count). The lowest BCUT2D eigenvalue weighted by Gasteiger charge is -2.12. The van der Waals surface area contributed by atoms with E-state index in [0.29, 0.717) is 13.0 Å². The molecule has 1 unspecified atom stereocenters. The third-order valence-electron chi connectivity index (χ3n) is 2.86. The van der Waals surface area contributed by atoms with Crippen LogP contribution in [0.15, 0.2) is 24.3 Å². The first kappa shape index (κ1) is 19.1. The molecule has 0 aliphatic rings. The van der Waals surface area contributed by atoms with Gasteiger partial charge in [-0.15, -0.1) is 12.4 Å². The Hall–Kier alpha value is -0.910. The first-order valence-corrected chi connectivity index (χ1v) is 7.72. The summed E-state index contributed by atoms with van der Waals surface area (Å²) in [5.41, 5.74) is 6.87. The van der Waals surface area contributed by atoms with E-state index < -0.39 is 6.04 Å². The van der Waals surface area contributed by atoms with Gasteiger partial charge in [-0.1, -0.05) is 18.2 Å². The number of benzene rings is 1. The number of nitrogens with two attached hydrogens (primary N) is 1. The number of hydrogen-bond acceptors (Lipinski definition) is 4. The monoisotopic (exact) mass is 318 g/mol. The van der Waals surface area contributed by atoms with E-state index >= 15 is 0 Å². The van der Waals surface area contributed by atoms with Crippen molar-refractivity contribution in [3.05, 3.63) is 29.8 Å². The Bertz CT molecular complexity index is 405. The zero-order valence-electron chi connectivity index (χ0n) is 11.9. The number of methoxy groups -OCH3 is 1. The lowest BCUT2D eigenvalue weighted by atomic mass is 10.1. The van der Waals surface area contributed by atoms with E-state index in [1.165, 1.54) is 0 Å². The fourth-order valence-corrected chi connectivity index (χ4v) is 2.23. The number of carbonyl (C=O) groups excluding carboxylic acids is 1. The third kappa shape index (κ3) is 6.50. The topological polar surface area (TPSA) is 64.3 Å². The fourth-order valence-electron chi connectivity index (χ4n) is 1.74. The van der Waals surface area contributed by atoms with E-state index in [1.54, 1.807) is 18.9 Å². The third-order valence-corrected chi connectivity index (χ3v) is 3.50. The minimum absolute atomic E-state index is 0. The summed E-state index contributed by atoms with van der Waals surface area (Å²) in [6, 6.07) is 7.40. The molecule has 0 saturated heterocycles. The number of halogens is 1. The van der Waals surface area contributed by atoms with Crippen LogP contribution in [0, 0.1) is 0 Å². The van der Waals surface area contributed by atoms with Crippen molar-refractivity contribution in [2.45, 2.75) is 18.9 Å². The lowest BCUT2D eigenvalue weighted by Crippen LogP contribution is -2.41. The summed E-state index contributed by atoms with van der Waals surface area (Å²) in [6.07, 6.45) is 3.46. The van der Waals surface area contributed by atoms with Crippen LogP contribution in [-0.4, -0.2) is 37.6 Å². The highest BCUT2D eigenvalue weighted by molar-refractivity contribution is 7.98. The molecule has 6 heteroatoms. The molecular weight excluding hydrogens is 296 g/mol. The summed E-state index contributed by atoms with van der Waals surface area (Å²) in [7, 11) is 1.65. The second-order valence-electron chi connectivity index (χ2n) is 4.24. The quantitative estimate of drug-likeness (QED) is 0.768. The molecule has 0 spiro atoms. The highest BCUT2D eigenvalue weighted by Crippen LogP contribution is 2.17. The van der Waals surface area contributed by atoms with Crippen LogP contribution in [-0.2, 0) is 11.2 Å². The second kappa shape index (κ2) is 10.8. The van der Waals surface area contributed by atoms with Crippen molar-refractivity contribution in [2.75, 3.05) is 25.7 Å². The van der Waals surface area contributed by atoms with Crippen molar-refractivity contribution in [3.8, 4) is 5.75 Å². The predicted octanol–water partition coefficient (Wildman–Crippen LogP) is 1.86. The summed E-state index contributed by atoms with van der Waals surface area (Å²) in [6.45, 7) is 0.576. The van der Waals surface area contributed by atoms with Crippen molar-refractivity contribution < 1.29 is 9.53 Å². The number of thioether (sulfide) groups is 1. The predicted molar refractivity (Wildman–Crippen MR) is 87.9 cm³/mol. The fraction of sp³-hybridized carbons (Fsp3) is 0.500. The summed E-state index contributed by atoms with van der Waals surface area (Å²) in [4.78, 5) is 11.7. The van der Waals surface area contributed by atoms with Gasteiger partial charge in [0.25, 0.3) is 0 Å². The van der Waals surface area contributed by atoms with Gasteiger partial charge < -0.3 is 15.8 Å². The number of nitrogens with one attached hydrogen (secondary N) is 1. The number of carbonyl (C=O) groups is 1. The number of amides is 1. The van der Waals surface area contributed by atoms with Gasteiger partial charge in [0.2, 0.25) is 5.91 Å². The highest BCUT2D eigenvalue weighted by Gasteiger charge is 2.12. The molecule has 3 N–H and O–H groups in total. The van der Waals surface area contributed by atoms with Gasteiger partial charge in [-0.3, -0.25) is 4.79 Å². The second-order valence-corrected chi connectivity index (χ2v) is 5.23. The lowest BCUT2D eigenvalue weighted by molar-refractivity contribution is -0.122. The summed E-state index contributed by atoms with van der Waals surface area (Å²) < 4.78 is 5.26. The van der Waals surface area contributed by atoms with E-state index in [9.17, 15) is 4.79 Å². The molecule has 1 atom stereocenters. The Morgan fingerprint density at radius 1 is 1.45 bits per heavy atom. The molecular formula is C14H23ClN2O2S. The zero-order chi connectivity index (χ0) is 14.1. The van der Waals surface area contributed by atoms with Crippen molar-refractivity contribution in [1.82, 2.24) is 5.32 Å². The van der Waals surface area contributed by atoms with Crippen LogP contribution in [0.2, 0.25) is 0 Å². The van der Waals surface area contributed by atoms with Gasteiger partial charge in [0.15, 0.2) is 0 Å². The van der Waals surface area contributed by atoms with Crippen LogP contribution < -0.4 is 15.8 Å². The minimum Gasteiger partial charge on any atom is -0.496 e. The van der Waals surface area contributed by atoms with Gasteiger partial charge in [-0.05, 0) is 36.5 Å². The van der Waals surface area contributed by atoms with Gasteiger partial charge >= 0.3 is 0 Å². The van der Waals surface area contributed by atoms with Gasteiger partial charge in [-0.25, -0.2) is 0 Å².